The molecule has 0 saturated carbocycles. The van der Waals surface area contributed by atoms with Gasteiger partial charge in [0.25, 0.3) is 0 Å². The zero-order valence-corrected chi connectivity index (χ0v) is 13.9. The molecule has 20 heavy (non-hydrogen) atoms. The summed E-state index contributed by atoms with van der Waals surface area (Å²) in [5.74, 6) is 1.01. The normalized spacial score (nSPS) is 14.1. The summed E-state index contributed by atoms with van der Waals surface area (Å²) >= 11 is 0. The summed E-state index contributed by atoms with van der Waals surface area (Å²) in [7, 11) is 2.07. The van der Waals surface area contributed by atoms with Gasteiger partial charge in [0.15, 0.2) is 5.96 Å². The number of fused-ring (bicyclic) bond motifs is 1. The summed E-state index contributed by atoms with van der Waals surface area (Å²) in [5.41, 5.74) is 2.39. The van der Waals surface area contributed by atoms with E-state index in [9.17, 15) is 0 Å². The zero-order valence-electron chi connectivity index (χ0n) is 11.5. The fourth-order valence-corrected chi connectivity index (χ4v) is 2.40. The average Bonchev–Trinajstić information content (AvgIpc) is 2.85. The third kappa shape index (κ3) is 3.20. The monoisotopic (exact) mass is 382 g/mol. The van der Waals surface area contributed by atoms with E-state index in [1.165, 1.54) is 10.9 Å². The molecule has 1 aromatic carbocycles. The molecule has 0 fully saturated rings. The van der Waals surface area contributed by atoms with Crippen LogP contribution in [0.3, 0.4) is 0 Å². The maximum atomic E-state index is 4.48. The SMILES string of the molecule is CN1CCN=C1NCCc1cccc2cccnc12.I. The van der Waals surface area contributed by atoms with Crippen molar-refractivity contribution in [2.75, 3.05) is 26.7 Å². The summed E-state index contributed by atoms with van der Waals surface area (Å²) < 4.78 is 0. The Morgan fingerprint density at radius 2 is 2.10 bits per heavy atom. The Morgan fingerprint density at radius 1 is 1.25 bits per heavy atom. The van der Waals surface area contributed by atoms with Gasteiger partial charge < -0.3 is 10.2 Å². The van der Waals surface area contributed by atoms with E-state index in [1.807, 2.05) is 12.3 Å². The number of benzene rings is 1. The number of hydrogen-bond acceptors (Lipinski definition) is 4. The van der Waals surface area contributed by atoms with E-state index < -0.39 is 0 Å². The molecule has 0 unspecified atom stereocenters. The number of pyridine rings is 1. The smallest absolute Gasteiger partial charge is 0.193 e. The third-order valence-corrected chi connectivity index (χ3v) is 3.45. The molecular formula is C15H19IN4. The van der Waals surface area contributed by atoms with E-state index in [2.05, 4.69) is 51.5 Å². The number of aliphatic imine (C=N–C) groups is 1. The van der Waals surface area contributed by atoms with E-state index in [-0.39, 0.29) is 24.0 Å². The molecule has 3 rings (SSSR count). The van der Waals surface area contributed by atoms with Crippen LogP contribution < -0.4 is 5.32 Å². The summed E-state index contributed by atoms with van der Waals surface area (Å²) in [6.07, 6.45) is 2.81. The molecule has 0 bridgehead atoms. The number of rotatable bonds is 3. The first kappa shape index (κ1) is 15.0. The van der Waals surface area contributed by atoms with Gasteiger partial charge in [0.2, 0.25) is 0 Å². The molecule has 0 atom stereocenters. The van der Waals surface area contributed by atoms with Crippen LogP contribution in [0.2, 0.25) is 0 Å². The number of likely N-dealkylation sites (N-methyl/N-ethyl adjacent to an activating group) is 1. The van der Waals surface area contributed by atoms with Crippen LogP contribution in [0.25, 0.3) is 10.9 Å². The van der Waals surface area contributed by atoms with Crippen molar-refractivity contribution < 1.29 is 0 Å². The van der Waals surface area contributed by atoms with Gasteiger partial charge in [-0.3, -0.25) is 9.98 Å². The molecule has 0 spiro atoms. The number of nitrogens with one attached hydrogen (secondary N) is 1. The number of guanidine groups is 1. The first-order valence-corrected chi connectivity index (χ1v) is 6.67. The molecule has 4 nitrogen and oxygen atoms in total. The lowest BCUT2D eigenvalue weighted by Gasteiger charge is -2.15. The molecular weight excluding hydrogens is 363 g/mol. The summed E-state index contributed by atoms with van der Waals surface area (Å²) in [4.78, 5) is 11.1. The van der Waals surface area contributed by atoms with Crippen molar-refractivity contribution in [2.24, 2.45) is 4.99 Å². The Hall–Kier alpha value is -1.37. The molecule has 106 valence electrons. The second-order valence-corrected chi connectivity index (χ2v) is 4.80. The molecule has 0 saturated heterocycles. The highest BCUT2D eigenvalue weighted by atomic mass is 127. The minimum atomic E-state index is 0. The van der Waals surface area contributed by atoms with Crippen LogP contribution in [0, 0.1) is 0 Å². The highest BCUT2D eigenvalue weighted by Crippen LogP contribution is 2.15. The first-order chi connectivity index (χ1) is 9.34. The summed E-state index contributed by atoms with van der Waals surface area (Å²) in [5, 5.41) is 4.60. The maximum absolute atomic E-state index is 4.48. The van der Waals surface area contributed by atoms with Crippen LogP contribution in [0.4, 0.5) is 0 Å². The van der Waals surface area contributed by atoms with Gasteiger partial charge in [-0.05, 0) is 18.1 Å². The molecule has 0 amide bonds. The van der Waals surface area contributed by atoms with Crippen LogP contribution in [0.1, 0.15) is 5.56 Å². The first-order valence-electron chi connectivity index (χ1n) is 6.67. The van der Waals surface area contributed by atoms with Gasteiger partial charge in [-0.1, -0.05) is 24.3 Å². The van der Waals surface area contributed by atoms with Crippen molar-refractivity contribution in [1.82, 2.24) is 15.2 Å². The van der Waals surface area contributed by atoms with E-state index in [0.717, 1.165) is 37.5 Å². The Morgan fingerprint density at radius 3 is 2.90 bits per heavy atom. The summed E-state index contributed by atoms with van der Waals surface area (Å²) in [6, 6.07) is 10.4. The lowest BCUT2D eigenvalue weighted by Crippen LogP contribution is -2.36. The molecule has 0 aliphatic carbocycles. The molecule has 2 heterocycles. The molecule has 1 aliphatic rings. The topological polar surface area (TPSA) is 40.5 Å². The second kappa shape index (κ2) is 6.88. The zero-order chi connectivity index (χ0) is 13.1. The highest BCUT2D eigenvalue weighted by Gasteiger charge is 2.11. The summed E-state index contributed by atoms with van der Waals surface area (Å²) in [6.45, 7) is 2.80. The van der Waals surface area contributed by atoms with E-state index in [1.54, 1.807) is 0 Å². The molecule has 1 aliphatic heterocycles. The van der Waals surface area contributed by atoms with Crippen molar-refractivity contribution in [3.05, 3.63) is 42.1 Å². The van der Waals surface area contributed by atoms with Gasteiger partial charge in [-0.2, -0.15) is 0 Å². The number of halogens is 1. The Labute approximate surface area is 136 Å². The lowest BCUT2D eigenvalue weighted by molar-refractivity contribution is 0.534. The van der Waals surface area contributed by atoms with Crippen LogP contribution in [0.5, 0.6) is 0 Å². The molecule has 5 heteroatoms. The van der Waals surface area contributed by atoms with Gasteiger partial charge in [-0.15, -0.1) is 24.0 Å². The van der Waals surface area contributed by atoms with E-state index in [4.69, 9.17) is 0 Å². The van der Waals surface area contributed by atoms with Gasteiger partial charge in [0.05, 0.1) is 12.1 Å². The minimum Gasteiger partial charge on any atom is -0.356 e. The fourth-order valence-electron chi connectivity index (χ4n) is 2.40. The van der Waals surface area contributed by atoms with Gasteiger partial charge in [0.1, 0.15) is 0 Å². The quantitative estimate of drug-likeness (QED) is 0.829. The molecule has 0 radical (unpaired) electrons. The number of nitrogens with zero attached hydrogens (tertiary/aromatic N) is 3. The Balaban J connectivity index is 0.00000147. The van der Waals surface area contributed by atoms with Gasteiger partial charge in [-0.25, -0.2) is 0 Å². The van der Waals surface area contributed by atoms with Crippen LogP contribution in [0.15, 0.2) is 41.5 Å². The molecule has 2 aromatic rings. The Kier molecular flexibility index (Phi) is 5.17. The maximum Gasteiger partial charge on any atom is 0.193 e. The van der Waals surface area contributed by atoms with Crippen molar-refractivity contribution in [1.29, 1.82) is 0 Å². The van der Waals surface area contributed by atoms with Crippen molar-refractivity contribution >= 4 is 40.8 Å². The Bertz CT molecular complexity index is 606. The predicted octanol–water partition coefficient (Wildman–Crippen LogP) is 2.29. The number of para-hydroxylation sites is 1. The molecule has 1 aromatic heterocycles. The van der Waals surface area contributed by atoms with Crippen molar-refractivity contribution in [2.45, 2.75) is 6.42 Å². The van der Waals surface area contributed by atoms with Gasteiger partial charge >= 0.3 is 0 Å². The third-order valence-electron chi connectivity index (χ3n) is 3.45. The lowest BCUT2D eigenvalue weighted by atomic mass is 10.1. The van der Waals surface area contributed by atoms with E-state index >= 15 is 0 Å². The minimum absolute atomic E-state index is 0. The number of hydrogen-bond donors (Lipinski definition) is 1. The second-order valence-electron chi connectivity index (χ2n) is 4.80. The van der Waals surface area contributed by atoms with Crippen LogP contribution >= 0.6 is 24.0 Å². The average molecular weight is 382 g/mol. The molecule has 1 N–H and O–H groups in total. The largest absolute Gasteiger partial charge is 0.356 e. The standard InChI is InChI=1S/C15H18N4.HI/c1-19-11-10-18-15(19)17-9-7-13-5-2-4-12-6-3-8-16-14(12)13;/h2-6,8H,7,9-11H2,1H3,(H,17,18);1H. The van der Waals surface area contributed by atoms with E-state index in [0.29, 0.717) is 0 Å². The van der Waals surface area contributed by atoms with Crippen molar-refractivity contribution in [3.63, 3.8) is 0 Å². The number of aromatic nitrogens is 1. The van der Waals surface area contributed by atoms with Crippen LogP contribution in [-0.4, -0.2) is 42.5 Å². The van der Waals surface area contributed by atoms with Gasteiger partial charge in [0, 0.05) is 31.7 Å². The fraction of sp³-hybridized carbons (Fsp3) is 0.333. The van der Waals surface area contributed by atoms with Crippen molar-refractivity contribution in [3.8, 4) is 0 Å². The van der Waals surface area contributed by atoms with Crippen LogP contribution in [-0.2, 0) is 6.42 Å². The predicted molar refractivity (Wildman–Crippen MR) is 93.8 cm³/mol. The highest BCUT2D eigenvalue weighted by molar-refractivity contribution is 14.0.